The van der Waals surface area contributed by atoms with Crippen molar-refractivity contribution in [1.29, 1.82) is 0 Å². The van der Waals surface area contributed by atoms with Crippen LogP contribution in [0.25, 0.3) is 0 Å². The second-order valence-electron chi connectivity index (χ2n) is 1.40. The van der Waals surface area contributed by atoms with E-state index < -0.39 is 17.7 Å². The molecule has 48 valence electrons. The average molecular weight is 126 g/mol. The largest absolute Gasteiger partial charge is 0.368 e. The number of carbonyl (C=O) groups is 2. The molecule has 2 amide bonds. The van der Waals surface area contributed by atoms with Crippen LogP contribution >= 0.6 is 0 Å². The molecule has 0 saturated carbocycles. The van der Waals surface area contributed by atoms with Gasteiger partial charge in [0.15, 0.2) is 5.92 Å². The van der Waals surface area contributed by atoms with Gasteiger partial charge in [-0.15, -0.1) is 6.42 Å². The number of primary amides is 2. The van der Waals surface area contributed by atoms with E-state index in [2.05, 4.69) is 11.5 Å². The van der Waals surface area contributed by atoms with Crippen LogP contribution in [-0.4, -0.2) is 11.8 Å². The van der Waals surface area contributed by atoms with Gasteiger partial charge in [0.05, 0.1) is 0 Å². The second kappa shape index (κ2) is 2.72. The average Bonchev–Trinajstić information content (AvgIpc) is 1.64. The molecule has 0 fully saturated rings. The molecule has 0 unspecified atom stereocenters. The highest BCUT2D eigenvalue weighted by atomic mass is 16.2. The highest BCUT2D eigenvalue weighted by molar-refractivity contribution is 6.01. The molecule has 4 nitrogen and oxygen atoms in total. The SMILES string of the molecule is C#CC(C(N)=O)C(N)=O. The highest BCUT2D eigenvalue weighted by Gasteiger charge is 2.17. The number of amides is 2. The maximum absolute atomic E-state index is 10.2. The Kier molecular flexibility index (Phi) is 2.27. The number of rotatable bonds is 2. The first-order chi connectivity index (χ1) is 4.09. The van der Waals surface area contributed by atoms with Crippen LogP contribution in [0.3, 0.4) is 0 Å². The first kappa shape index (κ1) is 7.50. The Morgan fingerprint density at radius 1 is 1.33 bits per heavy atom. The van der Waals surface area contributed by atoms with E-state index in [0.717, 1.165) is 0 Å². The molecule has 0 aliphatic carbocycles. The molecule has 0 rings (SSSR count). The van der Waals surface area contributed by atoms with Gasteiger partial charge in [0.1, 0.15) is 0 Å². The van der Waals surface area contributed by atoms with Gasteiger partial charge in [-0.25, -0.2) is 0 Å². The van der Waals surface area contributed by atoms with Crippen LogP contribution in [0.15, 0.2) is 0 Å². The van der Waals surface area contributed by atoms with E-state index in [9.17, 15) is 9.59 Å². The zero-order chi connectivity index (χ0) is 7.44. The number of hydrogen-bond donors (Lipinski definition) is 2. The third kappa shape index (κ3) is 1.82. The van der Waals surface area contributed by atoms with Crippen LogP contribution in [0.4, 0.5) is 0 Å². The van der Waals surface area contributed by atoms with Crippen molar-refractivity contribution < 1.29 is 9.59 Å². The normalized spacial score (nSPS) is 8.44. The third-order valence-electron chi connectivity index (χ3n) is 0.736. The first-order valence-electron chi connectivity index (χ1n) is 2.14. The van der Waals surface area contributed by atoms with Crippen molar-refractivity contribution in [1.82, 2.24) is 0 Å². The number of nitrogens with two attached hydrogens (primary N) is 2. The summed E-state index contributed by atoms with van der Waals surface area (Å²) < 4.78 is 0. The summed E-state index contributed by atoms with van der Waals surface area (Å²) in [6, 6.07) is 0. The van der Waals surface area contributed by atoms with Crippen LogP contribution in [-0.2, 0) is 9.59 Å². The molecule has 0 aliphatic rings. The van der Waals surface area contributed by atoms with Gasteiger partial charge in [-0.2, -0.15) is 0 Å². The molecule has 0 atom stereocenters. The quantitative estimate of drug-likeness (QED) is 0.338. The van der Waals surface area contributed by atoms with Gasteiger partial charge in [-0.3, -0.25) is 9.59 Å². The fraction of sp³-hybridized carbons (Fsp3) is 0.200. The first-order valence-corrected chi connectivity index (χ1v) is 2.14. The summed E-state index contributed by atoms with van der Waals surface area (Å²) in [7, 11) is 0. The summed E-state index contributed by atoms with van der Waals surface area (Å²) in [4.78, 5) is 20.3. The van der Waals surface area contributed by atoms with Crippen molar-refractivity contribution in [2.45, 2.75) is 0 Å². The van der Waals surface area contributed by atoms with E-state index in [0.29, 0.717) is 0 Å². The predicted molar refractivity (Wildman–Crippen MR) is 30.7 cm³/mol. The summed E-state index contributed by atoms with van der Waals surface area (Å²) in [5.74, 6) is -1.19. The van der Waals surface area contributed by atoms with Gasteiger partial charge >= 0.3 is 0 Å². The van der Waals surface area contributed by atoms with Gasteiger partial charge in [0.2, 0.25) is 11.8 Å². The molecular weight excluding hydrogens is 120 g/mol. The molecule has 0 heterocycles. The van der Waals surface area contributed by atoms with Gasteiger partial charge in [0, 0.05) is 0 Å². The molecule has 9 heavy (non-hydrogen) atoms. The van der Waals surface area contributed by atoms with Gasteiger partial charge in [-0.05, 0) is 0 Å². The van der Waals surface area contributed by atoms with Crippen molar-refractivity contribution in [3.05, 3.63) is 0 Å². The maximum atomic E-state index is 10.2. The van der Waals surface area contributed by atoms with Gasteiger partial charge < -0.3 is 11.5 Å². The lowest BCUT2D eigenvalue weighted by molar-refractivity contribution is -0.129. The van der Waals surface area contributed by atoms with Crippen molar-refractivity contribution >= 4 is 11.8 Å². The Morgan fingerprint density at radius 2 is 1.67 bits per heavy atom. The highest BCUT2D eigenvalue weighted by Crippen LogP contribution is 1.88. The number of hydrogen-bond acceptors (Lipinski definition) is 2. The minimum Gasteiger partial charge on any atom is -0.368 e. The van der Waals surface area contributed by atoms with Gasteiger partial charge in [0.25, 0.3) is 0 Å². The van der Waals surface area contributed by atoms with E-state index in [4.69, 9.17) is 6.42 Å². The molecule has 0 aromatic carbocycles. The predicted octanol–water partition coefficient (Wildman–Crippen LogP) is -1.79. The molecule has 4 heteroatoms. The lowest BCUT2D eigenvalue weighted by atomic mass is 10.1. The minimum absolute atomic E-state index is 0.884. The summed E-state index contributed by atoms with van der Waals surface area (Å²) in [5, 5.41) is 0. The van der Waals surface area contributed by atoms with Crippen LogP contribution in [0.2, 0.25) is 0 Å². The third-order valence-corrected chi connectivity index (χ3v) is 0.736. The number of terminal acetylenes is 1. The van der Waals surface area contributed by atoms with Gasteiger partial charge in [-0.1, -0.05) is 5.92 Å². The molecule has 0 bridgehead atoms. The monoisotopic (exact) mass is 126 g/mol. The molecule has 0 saturated heterocycles. The summed E-state index contributed by atoms with van der Waals surface area (Å²) in [6.45, 7) is 0. The Morgan fingerprint density at radius 3 is 1.67 bits per heavy atom. The van der Waals surface area contributed by atoms with Crippen LogP contribution in [0, 0.1) is 18.3 Å². The van der Waals surface area contributed by atoms with Crippen LogP contribution in [0.1, 0.15) is 0 Å². The fourth-order valence-electron chi connectivity index (χ4n) is 0.304. The molecule has 0 spiro atoms. The van der Waals surface area contributed by atoms with E-state index in [1.54, 1.807) is 0 Å². The summed E-state index contributed by atoms with van der Waals surface area (Å²) in [5.41, 5.74) is 9.33. The molecule has 0 radical (unpaired) electrons. The Labute approximate surface area is 52.2 Å². The van der Waals surface area contributed by atoms with Crippen molar-refractivity contribution in [2.75, 3.05) is 0 Å². The van der Waals surface area contributed by atoms with E-state index in [-0.39, 0.29) is 0 Å². The van der Waals surface area contributed by atoms with Crippen molar-refractivity contribution in [3.63, 3.8) is 0 Å². The Bertz CT molecular complexity index is 166. The lowest BCUT2D eigenvalue weighted by Gasteiger charge is -1.96. The Hall–Kier alpha value is -1.50. The summed E-state index contributed by atoms with van der Waals surface area (Å²) >= 11 is 0. The fourth-order valence-corrected chi connectivity index (χ4v) is 0.304. The van der Waals surface area contributed by atoms with Crippen LogP contribution in [0.5, 0.6) is 0 Å². The molecular formula is C5H6N2O2. The zero-order valence-electron chi connectivity index (χ0n) is 4.63. The molecule has 0 aromatic rings. The van der Waals surface area contributed by atoms with E-state index in [1.807, 2.05) is 5.92 Å². The van der Waals surface area contributed by atoms with Crippen LogP contribution < -0.4 is 11.5 Å². The van der Waals surface area contributed by atoms with Crippen molar-refractivity contribution in [2.24, 2.45) is 17.4 Å². The van der Waals surface area contributed by atoms with Crippen molar-refractivity contribution in [3.8, 4) is 12.3 Å². The van der Waals surface area contributed by atoms with E-state index in [1.165, 1.54) is 0 Å². The lowest BCUT2D eigenvalue weighted by Crippen LogP contribution is -2.33. The topological polar surface area (TPSA) is 86.2 Å². The smallest absolute Gasteiger partial charge is 0.242 e. The van der Waals surface area contributed by atoms with E-state index >= 15 is 0 Å². The maximum Gasteiger partial charge on any atom is 0.242 e. The Balaban J connectivity index is 4.22. The zero-order valence-corrected chi connectivity index (χ0v) is 4.63. The number of carbonyl (C=O) groups excluding carboxylic acids is 2. The summed E-state index contributed by atoms with van der Waals surface area (Å²) in [6.07, 6.45) is 4.72. The molecule has 0 aromatic heterocycles. The minimum atomic E-state index is -1.27. The molecule has 4 N–H and O–H groups in total. The molecule has 0 aliphatic heterocycles. The standard InChI is InChI=1S/C5H6N2O2/c1-2-3(4(6)8)5(7)9/h1,3H,(H2,6,8)(H2,7,9). The second-order valence-corrected chi connectivity index (χ2v) is 1.40.